The van der Waals surface area contributed by atoms with Crippen molar-refractivity contribution in [3.8, 4) is 17.6 Å². The predicted molar refractivity (Wildman–Crippen MR) is 81.1 cm³/mol. The zero-order valence-electron chi connectivity index (χ0n) is 12.4. The fraction of sp³-hybridized carbons (Fsp3) is 0.375. The number of amides is 1. The summed E-state index contributed by atoms with van der Waals surface area (Å²) in [7, 11) is 1.53. The first kappa shape index (κ1) is 16.6. The summed E-state index contributed by atoms with van der Waals surface area (Å²) in [6.45, 7) is 2.72. The number of nitriles is 1. The Bertz CT molecular complexity index is 533. The molecule has 0 fully saturated rings. The molecule has 5 heteroatoms. The van der Waals surface area contributed by atoms with Crippen molar-refractivity contribution in [2.75, 3.05) is 20.3 Å². The van der Waals surface area contributed by atoms with Crippen molar-refractivity contribution in [2.24, 2.45) is 0 Å². The van der Waals surface area contributed by atoms with Gasteiger partial charge in [-0.25, -0.2) is 0 Å². The van der Waals surface area contributed by atoms with Crippen LogP contribution in [0, 0.1) is 11.3 Å². The van der Waals surface area contributed by atoms with Gasteiger partial charge in [0, 0.05) is 12.6 Å². The molecule has 0 heterocycles. The number of nitrogens with one attached hydrogen (secondary N) is 1. The molecule has 0 aliphatic rings. The van der Waals surface area contributed by atoms with E-state index in [2.05, 4.69) is 12.2 Å². The van der Waals surface area contributed by atoms with Crippen LogP contribution in [0.3, 0.4) is 0 Å². The van der Waals surface area contributed by atoms with E-state index in [1.54, 1.807) is 24.3 Å². The van der Waals surface area contributed by atoms with Crippen LogP contribution in [-0.2, 0) is 4.79 Å². The predicted octanol–water partition coefficient (Wildman–Crippen LogP) is 2.53. The SMILES string of the molecule is CCCCNC(=O)C=Cc1ccc(OCC#N)c(OC)c1. The molecule has 1 aromatic carbocycles. The number of carbonyl (C=O) groups is 1. The molecule has 0 spiro atoms. The Labute approximate surface area is 125 Å². The van der Waals surface area contributed by atoms with E-state index in [1.165, 1.54) is 13.2 Å². The Balaban J connectivity index is 2.67. The smallest absolute Gasteiger partial charge is 0.243 e. The molecule has 0 unspecified atom stereocenters. The molecule has 1 rings (SSSR count). The maximum Gasteiger partial charge on any atom is 0.243 e. The first-order valence-corrected chi connectivity index (χ1v) is 6.85. The van der Waals surface area contributed by atoms with Crippen molar-refractivity contribution < 1.29 is 14.3 Å². The third kappa shape index (κ3) is 6.00. The second-order valence-electron chi connectivity index (χ2n) is 4.33. The highest BCUT2D eigenvalue weighted by molar-refractivity contribution is 5.91. The van der Waals surface area contributed by atoms with Crippen LogP contribution in [-0.4, -0.2) is 26.2 Å². The molecular weight excluding hydrogens is 268 g/mol. The van der Waals surface area contributed by atoms with Crippen LogP contribution in [0.4, 0.5) is 0 Å². The molecule has 0 aliphatic heterocycles. The summed E-state index contributed by atoms with van der Waals surface area (Å²) in [5.74, 6) is 0.912. The van der Waals surface area contributed by atoms with E-state index in [-0.39, 0.29) is 12.5 Å². The third-order valence-corrected chi connectivity index (χ3v) is 2.74. The molecular formula is C16H20N2O3. The van der Waals surface area contributed by atoms with Crippen LogP contribution in [0.2, 0.25) is 0 Å². The second kappa shape index (κ2) is 9.43. The molecule has 112 valence electrons. The summed E-state index contributed by atoms with van der Waals surface area (Å²) in [6.07, 6.45) is 5.21. The van der Waals surface area contributed by atoms with Crippen LogP contribution in [0.25, 0.3) is 6.08 Å². The Morgan fingerprint density at radius 3 is 2.90 bits per heavy atom. The molecule has 1 N–H and O–H groups in total. The second-order valence-corrected chi connectivity index (χ2v) is 4.33. The van der Waals surface area contributed by atoms with Gasteiger partial charge in [-0.2, -0.15) is 5.26 Å². The number of nitrogens with zero attached hydrogens (tertiary/aromatic N) is 1. The molecule has 1 aromatic rings. The minimum absolute atomic E-state index is 0.0363. The van der Waals surface area contributed by atoms with Crippen LogP contribution in [0.15, 0.2) is 24.3 Å². The largest absolute Gasteiger partial charge is 0.493 e. The van der Waals surface area contributed by atoms with Gasteiger partial charge in [0.25, 0.3) is 0 Å². The van der Waals surface area contributed by atoms with Crippen molar-refractivity contribution in [1.82, 2.24) is 5.32 Å². The standard InChI is InChI=1S/C16H20N2O3/c1-3-4-10-18-16(19)8-6-13-5-7-14(21-11-9-17)15(12-13)20-2/h5-8,12H,3-4,10-11H2,1-2H3,(H,18,19). The van der Waals surface area contributed by atoms with E-state index in [9.17, 15) is 4.79 Å². The van der Waals surface area contributed by atoms with Gasteiger partial charge in [0.15, 0.2) is 18.1 Å². The summed E-state index contributed by atoms with van der Waals surface area (Å²) in [5, 5.41) is 11.3. The highest BCUT2D eigenvalue weighted by Gasteiger charge is 2.04. The van der Waals surface area contributed by atoms with Crippen molar-refractivity contribution >= 4 is 12.0 Å². The normalized spacial score (nSPS) is 10.1. The van der Waals surface area contributed by atoms with E-state index in [4.69, 9.17) is 14.7 Å². The molecule has 21 heavy (non-hydrogen) atoms. The monoisotopic (exact) mass is 288 g/mol. The van der Waals surface area contributed by atoms with Gasteiger partial charge in [-0.3, -0.25) is 4.79 Å². The molecule has 0 bridgehead atoms. The zero-order valence-corrected chi connectivity index (χ0v) is 12.4. The van der Waals surface area contributed by atoms with Gasteiger partial charge >= 0.3 is 0 Å². The van der Waals surface area contributed by atoms with Gasteiger partial charge in [0.1, 0.15) is 6.07 Å². The summed E-state index contributed by atoms with van der Waals surface area (Å²) in [5.41, 5.74) is 0.821. The highest BCUT2D eigenvalue weighted by atomic mass is 16.5. The van der Waals surface area contributed by atoms with Crippen LogP contribution < -0.4 is 14.8 Å². The van der Waals surface area contributed by atoms with Crippen molar-refractivity contribution in [2.45, 2.75) is 19.8 Å². The van der Waals surface area contributed by atoms with Crippen LogP contribution in [0.1, 0.15) is 25.3 Å². The quantitative estimate of drug-likeness (QED) is 0.589. The van der Waals surface area contributed by atoms with Gasteiger partial charge in [0.05, 0.1) is 7.11 Å². The number of rotatable bonds is 8. The molecule has 0 atom stereocenters. The topological polar surface area (TPSA) is 71.3 Å². The molecule has 0 saturated carbocycles. The molecule has 0 radical (unpaired) electrons. The Morgan fingerprint density at radius 1 is 1.43 bits per heavy atom. The van der Waals surface area contributed by atoms with Crippen LogP contribution >= 0.6 is 0 Å². The Morgan fingerprint density at radius 2 is 2.24 bits per heavy atom. The van der Waals surface area contributed by atoms with Gasteiger partial charge in [-0.1, -0.05) is 19.4 Å². The summed E-state index contributed by atoms with van der Waals surface area (Å²) in [4.78, 5) is 11.6. The van der Waals surface area contributed by atoms with Gasteiger partial charge in [0.2, 0.25) is 5.91 Å². The number of unbranched alkanes of at least 4 members (excludes halogenated alkanes) is 1. The maximum atomic E-state index is 11.6. The zero-order chi connectivity index (χ0) is 15.5. The van der Waals surface area contributed by atoms with E-state index in [0.29, 0.717) is 18.0 Å². The molecule has 0 aliphatic carbocycles. The maximum absolute atomic E-state index is 11.6. The van der Waals surface area contributed by atoms with E-state index < -0.39 is 0 Å². The fourth-order valence-corrected chi connectivity index (χ4v) is 1.64. The lowest BCUT2D eigenvalue weighted by Gasteiger charge is -2.08. The van der Waals surface area contributed by atoms with E-state index in [0.717, 1.165) is 18.4 Å². The third-order valence-electron chi connectivity index (χ3n) is 2.74. The number of hydrogen-bond acceptors (Lipinski definition) is 4. The Kier molecular flexibility index (Phi) is 7.44. The van der Waals surface area contributed by atoms with Gasteiger partial charge < -0.3 is 14.8 Å². The average molecular weight is 288 g/mol. The Hall–Kier alpha value is -2.48. The molecule has 5 nitrogen and oxygen atoms in total. The number of hydrogen-bond donors (Lipinski definition) is 1. The summed E-state index contributed by atoms with van der Waals surface area (Å²) < 4.78 is 10.4. The lowest BCUT2D eigenvalue weighted by Crippen LogP contribution is -2.21. The van der Waals surface area contributed by atoms with E-state index >= 15 is 0 Å². The molecule has 1 amide bonds. The number of methoxy groups -OCH3 is 1. The number of benzene rings is 1. The van der Waals surface area contributed by atoms with E-state index in [1.807, 2.05) is 6.07 Å². The minimum atomic E-state index is -0.118. The molecule has 0 saturated heterocycles. The van der Waals surface area contributed by atoms with Gasteiger partial charge in [-0.15, -0.1) is 0 Å². The minimum Gasteiger partial charge on any atom is -0.493 e. The first-order valence-electron chi connectivity index (χ1n) is 6.85. The number of carbonyl (C=O) groups excluding carboxylic acids is 1. The highest BCUT2D eigenvalue weighted by Crippen LogP contribution is 2.28. The first-order chi connectivity index (χ1) is 10.2. The molecule has 0 aromatic heterocycles. The van der Waals surface area contributed by atoms with Crippen molar-refractivity contribution in [3.63, 3.8) is 0 Å². The lowest BCUT2D eigenvalue weighted by atomic mass is 10.2. The number of ether oxygens (including phenoxy) is 2. The van der Waals surface area contributed by atoms with Crippen molar-refractivity contribution in [3.05, 3.63) is 29.8 Å². The average Bonchev–Trinajstić information content (AvgIpc) is 2.51. The summed E-state index contributed by atoms with van der Waals surface area (Å²) in [6, 6.07) is 7.16. The van der Waals surface area contributed by atoms with Crippen molar-refractivity contribution in [1.29, 1.82) is 5.26 Å². The fourth-order valence-electron chi connectivity index (χ4n) is 1.64. The van der Waals surface area contributed by atoms with Crippen LogP contribution in [0.5, 0.6) is 11.5 Å². The lowest BCUT2D eigenvalue weighted by molar-refractivity contribution is -0.116. The summed E-state index contributed by atoms with van der Waals surface area (Å²) >= 11 is 0. The van der Waals surface area contributed by atoms with Gasteiger partial charge in [-0.05, 0) is 30.2 Å².